The first kappa shape index (κ1) is 16.7. The van der Waals surface area contributed by atoms with Crippen LogP contribution in [-0.4, -0.2) is 53.4 Å². The molecule has 1 aliphatic heterocycles. The number of ether oxygens (including phenoxy) is 1. The molecule has 6 nitrogen and oxygen atoms in total. The average molecular weight is 328 g/mol. The smallest absolute Gasteiger partial charge is 0.245 e. The highest BCUT2D eigenvalue weighted by molar-refractivity contribution is 5.80. The first-order chi connectivity index (χ1) is 11.7. The van der Waals surface area contributed by atoms with Crippen LogP contribution in [0.5, 0.6) is 0 Å². The third-order valence-electron chi connectivity index (χ3n) is 4.36. The van der Waals surface area contributed by atoms with Gasteiger partial charge >= 0.3 is 0 Å². The maximum atomic E-state index is 12.7. The summed E-state index contributed by atoms with van der Waals surface area (Å²) in [7, 11) is 0. The lowest BCUT2D eigenvalue weighted by molar-refractivity contribution is -0.125. The van der Waals surface area contributed by atoms with Crippen molar-refractivity contribution in [3.05, 3.63) is 54.4 Å². The second-order valence-electron chi connectivity index (χ2n) is 6.05. The van der Waals surface area contributed by atoms with E-state index in [2.05, 4.69) is 27.4 Å². The van der Waals surface area contributed by atoms with Crippen molar-refractivity contribution in [3.8, 4) is 0 Å². The number of nitrogens with one attached hydrogen (secondary N) is 1. The van der Waals surface area contributed by atoms with E-state index in [-0.39, 0.29) is 18.0 Å². The van der Waals surface area contributed by atoms with E-state index >= 15 is 0 Å². The number of rotatable bonds is 6. The topological polar surface area (TPSA) is 59.4 Å². The third-order valence-corrected chi connectivity index (χ3v) is 4.36. The first-order valence-electron chi connectivity index (χ1n) is 8.38. The molecule has 1 N–H and O–H groups in total. The van der Waals surface area contributed by atoms with E-state index in [1.165, 1.54) is 0 Å². The lowest BCUT2D eigenvalue weighted by Crippen LogP contribution is -2.44. The van der Waals surface area contributed by atoms with Crippen LogP contribution in [0.2, 0.25) is 0 Å². The standard InChI is InChI=1S/C18H24N4O2/c1-15(22-9-5-8-19-22)18(23)20-17(16-6-3-2-4-7-16)14-21-10-12-24-13-11-21/h2-9,15,17H,10-14H2,1H3,(H,20,23). The van der Waals surface area contributed by atoms with Crippen LogP contribution in [0, 0.1) is 0 Å². The van der Waals surface area contributed by atoms with Crippen molar-refractivity contribution in [2.45, 2.75) is 19.0 Å². The van der Waals surface area contributed by atoms with Crippen molar-refractivity contribution in [3.63, 3.8) is 0 Å². The summed E-state index contributed by atoms with van der Waals surface area (Å²) in [6, 6.07) is 11.6. The number of amides is 1. The molecule has 24 heavy (non-hydrogen) atoms. The minimum atomic E-state index is -0.337. The molecule has 1 amide bonds. The zero-order chi connectivity index (χ0) is 16.8. The molecule has 2 atom stereocenters. The van der Waals surface area contributed by atoms with E-state index in [9.17, 15) is 4.79 Å². The van der Waals surface area contributed by atoms with Gasteiger partial charge in [0.1, 0.15) is 6.04 Å². The van der Waals surface area contributed by atoms with E-state index in [1.807, 2.05) is 37.4 Å². The lowest BCUT2D eigenvalue weighted by atomic mass is 10.1. The van der Waals surface area contributed by atoms with Gasteiger partial charge in [-0.2, -0.15) is 5.10 Å². The van der Waals surface area contributed by atoms with Gasteiger partial charge in [0, 0.05) is 32.0 Å². The Morgan fingerprint density at radius 2 is 2.00 bits per heavy atom. The zero-order valence-corrected chi connectivity index (χ0v) is 14.0. The second kappa shape index (κ2) is 8.08. The minimum Gasteiger partial charge on any atom is -0.379 e. The molecule has 0 bridgehead atoms. The molecule has 0 radical (unpaired) electrons. The van der Waals surface area contributed by atoms with Gasteiger partial charge in [-0.3, -0.25) is 14.4 Å². The van der Waals surface area contributed by atoms with Crippen molar-refractivity contribution < 1.29 is 9.53 Å². The molecule has 128 valence electrons. The van der Waals surface area contributed by atoms with Crippen molar-refractivity contribution >= 4 is 5.91 Å². The average Bonchev–Trinajstić information content (AvgIpc) is 3.16. The Bertz CT molecular complexity index is 624. The second-order valence-corrected chi connectivity index (χ2v) is 6.05. The highest BCUT2D eigenvalue weighted by atomic mass is 16.5. The molecule has 1 fully saturated rings. The zero-order valence-electron chi connectivity index (χ0n) is 14.0. The third kappa shape index (κ3) is 4.21. The van der Waals surface area contributed by atoms with E-state index < -0.39 is 0 Å². The van der Waals surface area contributed by atoms with Crippen LogP contribution >= 0.6 is 0 Å². The molecule has 0 saturated carbocycles. The normalized spacial score (nSPS) is 18.0. The summed E-state index contributed by atoms with van der Waals surface area (Å²) in [5.74, 6) is -0.0270. The molecule has 2 aromatic rings. The molecule has 3 rings (SSSR count). The van der Waals surface area contributed by atoms with Crippen LogP contribution in [0.25, 0.3) is 0 Å². The fourth-order valence-corrected chi connectivity index (χ4v) is 2.88. The van der Waals surface area contributed by atoms with Crippen LogP contribution in [0.3, 0.4) is 0 Å². The molecule has 6 heteroatoms. The van der Waals surface area contributed by atoms with Gasteiger partial charge < -0.3 is 10.1 Å². The molecule has 2 heterocycles. The Morgan fingerprint density at radius 3 is 2.67 bits per heavy atom. The lowest BCUT2D eigenvalue weighted by Gasteiger charge is -2.31. The SMILES string of the molecule is CC(C(=O)NC(CN1CCOCC1)c1ccccc1)n1cccn1. The van der Waals surface area contributed by atoms with Gasteiger partial charge in [0.05, 0.1) is 19.3 Å². The van der Waals surface area contributed by atoms with Crippen LogP contribution in [0.1, 0.15) is 24.6 Å². The molecule has 1 aliphatic rings. The summed E-state index contributed by atoms with van der Waals surface area (Å²) in [4.78, 5) is 15.0. The Hall–Kier alpha value is -2.18. The summed E-state index contributed by atoms with van der Waals surface area (Å²) in [6.45, 7) is 5.93. The monoisotopic (exact) mass is 328 g/mol. The summed E-state index contributed by atoms with van der Waals surface area (Å²) in [6.07, 6.45) is 3.50. The van der Waals surface area contributed by atoms with Gasteiger partial charge in [0.25, 0.3) is 0 Å². The number of nitrogens with zero attached hydrogens (tertiary/aromatic N) is 3. The summed E-state index contributed by atoms with van der Waals surface area (Å²) < 4.78 is 7.09. The number of aromatic nitrogens is 2. The molecule has 0 spiro atoms. The first-order valence-corrected chi connectivity index (χ1v) is 8.38. The van der Waals surface area contributed by atoms with Crippen molar-refractivity contribution in [1.29, 1.82) is 0 Å². The van der Waals surface area contributed by atoms with Gasteiger partial charge in [0.15, 0.2) is 0 Å². The van der Waals surface area contributed by atoms with Gasteiger partial charge in [-0.05, 0) is 18.6 Å². The Balaban J connectivity index is 1.70. The molecular weight excluding hydrogens is 304 g/mol. The van der Waals surface area contributed by atoms with Gasteiger partial charge in [-0.1, -0.05) is 30.3 Å². The van der Waals surface area contributed by atoms with Crippen LogP contribution in [0.4, 0.5) is 0 Å². The van der Waals surface area contributed by atoms with Crippen molar-refractivity contribution in [2.75, 3.05) is 32.8 Å². The number of hydrogen-bond donors (Lipinski definition) is 1. The number of carbonyl (C=O) groups is 1. The van der Waals surface area contributed by atoms with E-state index in [0.29, 0.717) is 0 Å². The summed E-state index contributed by atoms with van der Waals surface area (Å²) in [5, 5.41) is 7.35. The van der Waals surface area contributed by atoms with Gasteiger partial charge in [-0.15, -0.1) is 0 Å². The highest BCUT2D eigenvalue weighted by Crippen LogP contribution is 2.17. The Labute approximate surface area is 142 Å². The van der Waals surface area contributed by atoms with E-state index in [4.69, 9.17) is 4.74 Å². The van der Waals surface area contributed by atoms with Crippen LogP contribution < -0.4 is 5.32 Å². The predicted molar refractivity (Wildman–Crippen MR) is 91.5 cm³/mol. The van der Waals surface area contributed by atoms with Gasteiger partial charge in [-0.25, -0.2) is 0 Å². The molecule has 1 aromatic heterocycles. The minimum absolute atomic E-state index is 0.0270. The predicted octanol–water partition coefficient (Wildman–Crippen LogP) is 1.63. The maximum Gasteiger partial charge on any atom is 0.245 e. The Kier molecular flexibility index (Phi) is 5.61. The van der Waals surface area contributed by atoms with E-state index in [0.717, 1.165) is 38.4 Å². The van der Waals surface area contributed by atoms with Crippen LogP contribution in [-0.2, 0) is 9.53 Å². The maximum absolute atomic E-state index is 12.7. The van der Waals surface area contributed by atoms with E-state index in [1.54, 1.807) is 10.9 Å². The molecule has 0 aliphatic carbocycles. The van der Waals surface area contributed by atoms with Crippen molar-refractivity contribution in [1.82, 2.24) is 20.0 Å². The van der Waals surface area contributed by atoms with Crippen molar-refractivity contribution in [2.24, 2.45) is 0 Å². The fraction of sp³-hybridized carbons (Fsp3) is 0.444. The Morgan fingerprint density at radius 1 is 1.25 bits per heavy atom. The molecular formula is C18H24N4O2. The molecule has 1 aromatic carbocycles. The number of morpholine rings is 1. The quantitative estimate of drug-likeness (QED) is 0.876. The van der Waals surface area contributed by atoms with Gasteiger partial charge in [0.2, 0.25) is 5.91 Å². The summed E-state index contributed by atoms with van der Waals surface area (Å²) in [5.41, 5.74) is 1.12. The number of benzene rings is 1. The largest absolute Gasteiger partial charge is 0.379 e. The fourth-order valence-electron chi connectivity index (χ4n) is 2.88. The molecule has 2 unspecified atom stereocenters. The number of carbonyl (C=O) groups excluding carboxylic acids is 1. The van der Waals surface area contributed by atoms with Crippen LogP contribution in [0.15, 0.2) is 48.8 Å². The number of hydrogen-bond acceptors (Lipinski definition) is 4. The summed E-state index contributed by atoms with van der Waals surface area (Å²) >= 11 is 0. The highest BCUT2D eigenvalue weighted by Gasteiger charge is 2.23. The molecule has 1 saturated heterocycles.